The topological polar surface area (TPSA) is 52.6 Å². The van der Waals surface area contributed by atoms with Crippen LogP contribution in [0.5, 0.6) is 5.75 Å². The van der Waals surface area contributed by atoms with Crippen LogP contribution in [0.15, 0.2) is 42.5 Å². The summed E-state index contributed by atoms with van der Waals surface area (Å²) in [5.41, 5.74) is 0.0574. The van der Waals surface area contributed by atoms with Crippen molar-refractivity contribution in [2.45, 2.75) is 64.4 Å². The minimum absolute atomic E-state index is 0.299. The van der Waals surface area contributed by atoms with E-state index >= 15 is 0 Å². The Morgan fingerprint density at radius 3 is 2.44 bits per heavy atom. The fraction of sp³-hybridized carbons (Fsp3) is 0.524. The summed E-state index contributed by atoms with van der Waals surface area (Å²) in [6.45, 7) is 7.64. The van der Waals surface area contributed by atoms with Crippen LogP contribution in [0.1, 0.15) is 58.8 Å². The molecule has 4 nitrogen and oxygen atoms in total. The molecular formula is C21H28O4. The molecule has 1 aromatic carbocycles. The molecule has 1 saturated carbocycles. The highest BCUT2D eigenvalue weighted by atomic mass is 16.6. The standard InChI is InChI=1S/C21H28O4/c1-16(19(22)24-18-10-6-4-7-11-18)12-13-17(2)20(23)25-21(3)14-8-5-9-15-21/h4,6-7,10-11,16H,2,5,8-9,12-15H2,1,3H3. The number of ether oxygens (including phenoxy) is 2. The highest BCUT2D eigenvalue weighted by molar-refractivity contribution is 5.88. The molecule has 1 aliphatic rings. The molecule has 1 aliphatic carbocycles. The van der Waals surface area contributed by atoms with Crippen molar-refractivity contribution in [1.29, 1.82) is 0 Å². The Morgan fingerprint density at radius 2 is 1.80 bits per heavy atom. The lowest BCUT2D eigenvalue weighted by Gasteiger charge is -2.33. The lowest BCUT2D eigenvalue weighted by Crippen LogP contribution is -2.34. The Kier molecular flexibility index (Phi) is 6.80. The Morgan fingerprint density at radius 1 is 1.16 bits per heavy atom. The molecular weight excluding hydrogens is 316 g/mol. The van der Waals surface area contributed by atoms with Gasteiger partial charge in [0.15, 0.2) is 0 Å². The van der Waals surface area contributed by atoms with Crippen molar-refractivity contribution in [2.24, 2.45) is 5.92 Å². The van der Waals surface area contributed by atoms with Crippen molar-refractivity contribution in [3.63, 3.8) is 0 Å². The van der Waals surface area contributed by atoms with Gasteiger partial charge in [-0.1, -0.05) is 38.1 Å². The zero-order valence-electron chi connectivity index (χ0n) is 15.3. The van der Waals surface area contributed by atoms with E-state index < -0.39 is 0 Å². The summed E-state index contributed by atoms with van der Waals surface area (Å²) >= 11 is 0. The number of rotatable bonds is 7. The number of hydrogen-bond acceptors (Lipinski definition) is 4. The average molecular weight is 344 g/mol. The van der Waals surface area contributed by atoms with Crippen LogP contribution in [0.2, 0.25) is 0 Å². The second kappa shape index (κ2) is 8.84. The molecule has 0 bridgehead atoms. The fourth-order valence-electron chi connectivity index (χ4n) is 3.01. The predicted molar refractivity (Wildman–Crippen MR) is 97.2 cm³/mol. The summed E-state index contributed by atoms with van der Waals surface area (Å²) in [6, 6.07) is 8.98. The lowest BCUT2D eigenvalue weighted by atomic mass is 9.86. The van der Waals surface area contributed by atoms with E-state index in [1.54, 1.807) is 19.1 Å². The maximum absolute atomic E-state index is 12.3. The fourth-order valence-corrected chi connectivity index (χ4v) is 3.01. The minimum Gasteiger partial charge on any atom is -0.456 e. The first-order valence-corrected chi connectivity index (χ1v) is 9.07. The first-order chi connectivity index (χ1) is 11.9. The third kappa shape index (κ3) is 6.04. The second-order valence-corrected chi connectivity index (χ2v) is 7.18. The Labute approximate surface area is 150 Å². The van der Waals surface area contributed by atoms with E-state index in [1.807, 2.05) is 25.1 Å². The van der Waals surface area contributed by atoms with Crippen molar-refractivity contribution in [3.05, 3.63) is 42.5 Å². The lowest BCUT2D eigenvalue weighted by molar-refractivity contribution is -0.156. The van der Waals surface area contributed by atoms with Crippen molar-refractivity contribution >= 4 is 11.9 Å². The van der Waals surface area contributed by atoms with Crippen molar-refractivity contribution in [2.75, 3.05) is 0 Å². The van der Waals surface area contributed by atoms with Gasteiger partial charge < -0.3 is 9.47 Å². The number of esters is 2. The number of para-hydroxylation sites is 1. The molecule has 2 rings (SSSR count). The Balaban J connectivity index is 1.76. The van der Waals surface area contributed by atoms with E-state index in [0.29, 0.717) is 24.2 Å². The van der Waals surface area contributed by atoms with Crippen LogP contribution < -0.4 is 4.74 Å². The van der Waals surface area contributed by atoms with Gasteiger partial charge in [0.2, 0.25) is 0 Å². The maximum Gasteiger partial charge on any atom is 0.333 e. The molecule has 0 N–H and O–H groups in total. The zero-order valence-corrected chi connectivity index (χ0v) is 15.3. The summed E-state index contributed by atoms with van der Waals surface area (Å²) in [6.07, 6.45) is 6.15. The van der Waals surface area contributed by atoms with Gasteiger partial charge in [0.1, 0.15) is 11.4 Å². The molecule has 1 aromatic rings. The van der Waals surface area contributed by atoms with E-state index in [1.165, 1.54) is 6.42 Å². The zero-order chi connectivity index (χ0) is 18.3. The normalized spacial score (nSPS) is 17.4. The summed E-state index contributed by atoms with van der Waals surface area (Å²) in [5, 5.41) is 0. The molecule has 1 unspecified atom stereocenters. The van der Waals surface area contributed by atoms with Gasteiger partial charge in [0, 0.05) is 5.57 Å². The second-order valence-electron chi connectivity index (χ2n) is 7.18. The van der Waals surface area contributed by atoms with Crippen LogP contribution in [0.3, 0.4) is 0 Å². The predicted octanol–water partition coefficient (Wildman–Crippen LogP) is 4.83. The summed E-state index contributed by atoms with van der Waals surface area (Å²) < 4.78 is 11.0. The molecule has 0 heterocycles. The third-order valence-corrected chi connectivity index (χ3v) is 4.78. The van der Waals surface area contributed by atoms with E-state index in [0.717, 1.165) is 25.7 Å². The number of hydrogen-bond donors (Lipinski definition) is 0. The van der Waals surface area contributed by atoms with E-state index in [-0.39, 0.29) is 23.5 Å². The van der Waals surface area contributed by atoms with Crippen LogP contribution in [-0.2, 0) is 14.3 Å². The van der Waals surface area contributed by atoms with Gasteiger partial charge in [-0.05, 0) is 57.6 Å². The first kappa shape index (κ1) is 19.2. The molecule has 25 heavy (non-hydrogen) atoms. The molecule has 136 valence electrons. The molecule has 0 amide bonds. The molecule has 1 fully saturated rings. The van der Waals surface area contributed by atoms with E-state index in [2.05, 4.69) is 6.58 Å². The Bertz CT molecular complexity index is 600. The quantitative estimate of drug-likeness (QED) is 0.404. The number of benzene rings is 1. The van der Waals surface area contributed by atoms with Gasteiger partial charge in [0.25, 0.3) is 0 Å². The first-order valence-electron chi connectivity index (χ1n) is 9.07. The molecule has 0 aliphatic heterocycles. The summed E-state index contributed by atoms with van der Waals surface area (Å²) in [7, 11) is 0. The number of carbonyl (C=O) groups excluding carboxylic acids is 2. The molecule has 0 spiro atoms. The van der Waals surface area contributed by atoms with E-state index in [9.17, 15) is 9.59 Å². The SMILES string of the molecule is C=C(CCC(C)C(=O)Oc1ccccc1)C(=O)OC1(C)CCCCC1. The smallest absolute Gasteiger partial charge is 0.333 e. The van der Waals surface area contributed by atoms with Crippen molar-refractivity contribution in [1.82, 2.24) is 0 Å². The summed E-state index contributed by atoms with van der Waals surface area (Å²) in [5.74, 6) is -0.419. The van der Waals surface area contributed by atoms with Crippen LogP contribution >= 0.6 is 0 Å². The van der Waals surface area contributed by atoms with Gasteiger partial charge in [-0.25, -0.2) is 4.79 Å². The van der Waals surface area contributed by atoms with Crippen LogP contribution in [0.25, 0.3) is 0 Å². The van der Waals surface area contributed by atoms with Gasteiger partial charge in [-0.2, -0.15) is 0 Å². The van der Waals surface area contributed by atoms with Gasteiger partial charge in [-0.3, -0.25) is 4.79 Å². The molecule has 0 saturated heterocycles. The molecule has 0 radical (unpaired) electrons. The highest BCUT2D eigenvalue weighted by Crippen LogP contribution is 2.32. The van der Waals surface area contributed by atoms with Crippen molar-refractivity contribution in [3.8, 4) is 5.75 Å². The van der Waals surface area contributed by atoms with Gasteiger partial charge in [-0.15, -0.1) is 0 Å². The molecule has 4 heteroatoms. The van der Waals surface area contributed by atoms with Crippen LogP contribution in [0.4, 0.5) is 0 Å². The van der Waals surface area contributed by atoms with E-state index in [4.69, 9.17) is 9.47 Å². The maximum atomic E-state index is 12.3. The van der Waals surface area contributed by atoms with Crippen LogP contribution in [0, 0.1) is 5.92 Å². The summed E-state index contributed by atoms with van der Waals surface area (Å²) in [4.78, 5) is 24.3. The monoisotopic (exact) mass is 344 g/mol. The average Bonchev–Trinajstić information content (AvgIpc) is 2.60. The molecule has 0 aromatic heterocycles. The Hall–Kier alpha value is -2.10. The third-order valence-electron chi connectivity index (χ3n) is 4.78. The number of carbonyl (C=O) groups is 2. The minimum atomic E-state index is -0.365. The largest absolute Gasteiger partial charge is 0.456 e. The van der Waals surface area contributed by atoms with Gasteiger partial charge >= 0.3 is 11.9 Å². The van der Waals surface area contributed by atoms with Crippen LogP contribution in [-0.4, -0.2) is 17.5 Å². The molecule has 1 atom stereocenters. The highest BCUT2D eigenvalue weighted by Gasteiger charge is 2.31. The van der Waals surface area contributed by atoms with Gasteiger partial charge in [0.05, 0.1) is 5.92 Å². The van der Waals surface area contributed by atoms with Crippen molar-refractivity contribution < 1.29 is 19.1 Å².